The molecule has 0 aromatic heterocycles. The van der Waals surface area contributed by atoms with E-state index >= 15 is 0 Å². The summed E-state index contributed by atoms with van der Waals surface area (Å²) in [6.45, 7) is 10.5. The number of hydrogen-bond donors (Lipinski definition) is 2. The summed E-state index contributed by atoms with van der Waals surface area (Å²) in [5.74, 6) is 0.624. The molecule has 1 fully saturated rings. The van der Waals surface area contributed by atoms with E-state index in [2.05, 4.69) is 5.32 Å². The highest BCUT2D eigenvalue weighted by Gasteiger charge is 2.62. The van der Waals surface area contributed by atoms with Crippen LogP contribution in [0.25, 0.3) is 0 Å². The number of methoxy groups -OCH3 is 1. The molecule has 1 amide bonds. The number of nitrogens with two attached hydrogens (primary N) is 1. The van der Waals surface area contributed by atoms with E-state index in [1.54, 1.807) is 7.11 Å². The van der Waals surface area contributed by atoms with Crippen molar-refractivity contribution in [3.8, 4) is 5.75 Å². The van der Waals surface area contributed by atoms with Crippen molar-refractivity contribution in [3.63, 3.8) is 0 Å². The van der Waals surface area contributed by atoms with E-state index in [1.165, 1.54) is 0 Å². The van der Waals surface area contributed by atoms with Gasteiger partial charge in [0.05, 0.1) is 19.3 Å². The second-order valence-corrected chi connectivity index (χ2v) is 7.28. The predicted octanol–water partition coefficient (Wildman–Crippen LogP) is 3.14. The second-order valence-electron chi connectivity index (χ2n) is 7.28. The predicted molar refractivity (Wildman–Crippen MR) is 102 cm³/mol. The largest absolute Gasteiger partial charge is 0.496 e. The summed E-state index contributed by atoms with van der Waals surface area (Å²) in [5, 5.41) is 3.06. The number of hydrogen-bond acceptors (Lipinski definition) is 4. The van der Waals surface area contributed by atoms with Crippen LogP contribution in [-0.4, -0.2) is 31.3 Å². The molecule has 0 saturated heterocycles. The summed E-state index contributed by atoms with van der Waals surface area (Å²) in [4.78, 5) is 12.8. The normalized spacial score (nSPS) is 25.3. The van der Waals surface area contributed by atoms with Gasteiger partial charge in [0, 0.05) is 24.0 Å². The van der Waals surface area contributed by atoms with Gasteiger partial charge in [-0.25, -0.2) is 0 Å². The fraction of sp³-hybridized carbons (Fsp3) is 0.632. The van der Waals surface area contributed by atoms with E-state index < -0.39 is 11.0 Å². The first-order valence-electron chi connectivity index (χ1n) is 8.53. The fourth-order valence-corrected chi connectivity index (χ4v) is 3.42. The summed E-state index contributed by atoms with van der Waals surface area (Å²) in [6, 6.07) is 5.75. The van der Waals surface area contributed by atoms with Crippen LogP contribution >= 0.6 is 12.4 Å². The van der Waals surface area contributed by atoms with Gasteiger partial charge in [0.2, 0.25) is 5.91 Å². The SMILES string of the molecule is CCOC1CC(N)(C(=O)NC(C)c2cc(C)ccc2OC)C1(C)C.Cl. The molecule has 1 aliphatic rings. The van der Waals surface area contributed by atoms with Crippen molar-refractivity contribution in [2.24, 2.45) is 11.1 Å². The van der Waals surface area contributed by atoms with E-state index in [0.717, 1.165) is 16.9 Å². The first-order valence-corrected chi connectivity index (χ1v) is 8.53. The molecule has 6 heteroatoms. The van der Waals surface area contributed by atoms with Gasteiger partial charge in [0.1, 0.15) is 11.3 Å². The third kappa shape index (κ3) is 3.78. The minimum absolute atomic E-state index is 0. The van der Waals surface area contributed by atoms with Crippen LogP contribution in [0.3, 0.4) is 0 Å². The number of nitrogens with one attached hydrogen (secondary N) is 1. The molecular weight excluding hydrogens is 340 g/mol. The first kappa shape index (κ1) is 21.7. The van der Waals surface area contributed by atoms with Gasteiger partial charge < -0.3 is 20.5 Å². The molecule has 25 heavy (non-hydrogen) atoms. The molecule has 1 aromatic rings. The minimum atomic E-state index is -0.918. The summed E-state index contributed by atoms with van der Waals surface area (Å²) in [6.07, 6.45) is 0.555. The number of aryl methyl sites for hydroxylation is 1. The lowest BCUT2D eigenvalue weighted by Gasteiger charge is -2.57. The van der Waals surface area contributed by atoms with Crippen molar-refractivity contribution >= 4 is 18.3 Å². The lowest BCUT2D eigenvalue weighted by Crippen LogP contribution is -2.75. The van der Waals surface area contributed by atoms with Gasteiger partial charge >= 0.3 is 0 Å². The molecule has 2 rings (SSSR count). The van der Waals surface area contributed by atoms with Crippen LogP contribution in [0.15, 0.2) is 18.2 Å². The van der Waals surface area contributed by atoms with Gasteiger partial charge in [0.25, 0.3) is 0 Å². The highest BCUT2D eigenvalue weighted by molar-refractivity contribution is 5.89. The van der Waals surface area contributed by atoms with Crippen molar-refractivity contribution < 1.29 is 14.3 Å². The number of carbonyl (C=O) groups is 1. The first-order chi connectivity index (χ1) is 11.2. The van der Waals surface area contributed by atoms with E-state index in [0.29, 0.717) is 13.0 Å². The van der Waals surface area contributed by atoms with E-state index in [1.807, 2.05) is 52.8 Å². The lowest BCUT2D eigenvalue weighted by molar-refractivity contribution is -0.171. The Balaban J connectivity index is 0.00000312. The van der Waals surface area contributed by atoms with Crippen LogP contribution in [0.4, 0.5) is 0 Å². The molecule has 3 atom stereocenters. The minimum Gasteiger partial charge on any atom is -0.496 e. The number of amides is 1. The number of carbonyl (C=O) groups excluding carboxylic acids is 1. The Morgan fingerprint density at radius 1 is 1.44 bits per heavy atom. The smallest absolute Gasteiger partial charge is 0.241 e. The molecule has 1 saturated carbocycles. The summed E-state index contributed by atoms with van der Waals surface area (Å²) in [5.41, 5.74) is 7.20. The zero-order valence-corrected chi connectivity index (χ0v) is 16.8. The van der Waals surface area contributed by atoms with Crippen molar-refractivity contribution in [1.82, 2.24) is 5.32 Å². The zero-order valence-electron chi connectivity index (χ0n) is 16.0. The van der Waals surface area contributed by atoms with Gasteiger partial charge in [-0.15, -0.1) is 12.4 Å². The monoisotopic (exact) mass is 370 g/mol. The van der Waals surface area contributed by atoms with Gasteiger partial charge in [-0.3, -0.25) is 4.79 Å². The quantitative estimate of drug-likeness (QED) is 0.806. The van der Waals surface area contributed by atoms with E-state index in [9.17, 15) is 4.79 Å². The third-order valence-corrected chi connectivity index (χ3v) is 5.43. The number of halogens is 1. The zero-order chi connectivity index (χ0) is 18.1. The van der Waals surface area contributed by atoms with Gasteiger partial charge in [-0.05, 0) is 26.8 Å². The summed E-state index contributed by atoms with van der Waals surface area (Å²) < 4.78 is 11.1. The Labute approximate surface area is 157 Å². The fourth-order valence-electron chi connectivity index (χ4n) is 3.42. The maximum absolute atomic E-state index is 12.8. The lowest BCUT2D eigenvalue weighted by atomic mass is 9.54. The average Bonchev–Trinajstić information content (AvgIpc) is 2.54. The number of ether oxygens (including phenoxy) is 2. The number of benzene rings is 1. The second kappa shape index (κ2) is 7.94. The Morgan fingerprint density at radius 2 is 2.08 bits per heavy atom. The van der Waals surface area contributed by atoms with Gasteiger partial charge in [-0.2, -0.15) is 0 Å². The molecule has 1 aliphatic carbocycles. The molecule has 3 unspecified atom stereocenters. The molecule has 142 valence electrons. The molecule has 0 spiro atoms. The molecule has 0 aliphatic heterocycles. The van der Waals surface area contributed by atoms with Crippen LogP contribution in [0, 0.1) is 12.3 Å². The van der Waals surface area contributed by atoms with Crippen molar-refractivity contribution in [3.05, 3.63) is 29.3 Å². The molecule has 0 heterocycles. The maximum Gasteiger partial charge on any atom is 0.241 e. The molecular formula is C19H31ClN2O3. The molecule has 3 N–H and O–H groups in total. The molecule has 5 nitrogen and oxygen atoms in total. The van der Waals surface area contributed by atoms with Gasteiger partial charge in [-0.1, -0.05) is 31.5 Å². The van der Waals surface area contributed by atoms with Crippen molar-refractivity contribution in [2.45, 2.75) is 58.7 Å². The van der Waals surface area contributed by atoms with E-state index in [4.69, 9.17) is 15.2 Å². The molecule has 0 bridgehead atoms. The Morgan fingerprint density at radius 3 is 2.60 bits per heavy atom. The van der Waals surface area contributed by atoms with Crippen LogP contribution in [-0.2, 0) is 9.53 Å². The third-order valence-electron chi connectivity index (χ3n) is 5.43. The van der Waals surface area contributed by atoms with Crippen LogP contribution < -0.4 is 15.8 Å². The summed E-state index contributed by atoms with van der Waals surface area (Å²) >= 11 is 0. The highest BCUT2D eigenvalue weighted by atomic mass is 35.5. The highest BCUT2D eigenvalue weighted by Crippen LogP contribution is 2.50. The van der Waals surface area contributed by atoms with Crippen molar-refractivity contribution in [2.75, 3.05) is 13.7 Å². The number of rotatable bonds is 6. The van der Waals surface area contributed by atoms with Crippen molar-refractivity contribution in [1.29, 1.82) is 0 Å². The standard InChI is InChI=1S/C19H30N2O3.ClH/c1-7-24-16-11-19(20,18(16,4)5)17(22)21-13(3)14-10-12(2)8-9-15(14)23-6;/h8-10,13,16H,7,11,20H2,1-6H3,(H,21,22);1H. The van der Waals surface area contributed by atoms with E-state index in [-0.39, 0.29) is 30.5 Å². The topological polar surface area (TPSA) is 73.6 Å². The Kier molecular flexibility index (Phi) is 6.90. The van der Waals surface area contributed by atoms with Crippen LogP contribution in [0.1, 0.15) is 51.3 Å². The Hall–Kier alpha value is -1.30. The van der Waals surface area contributed by atoms with Crippen LogP contribution in [0.2, 0.25) is 0 Å². The van der Waals surface area contributed by atoms with Gasteiger partial charge in [0.15, 0.2) is 0 Å². The molecule has 1 aromatic carbocycles. The van der Waals surface area contributed by atoms with Crippen LogP contribution in [0.5, 0.6) is 5.75 Å². The average molecular weight is 371 g/mol. The maximum atomic E-state index is 12.8. The Bertz CT molecular complexity index is 621. The molecule has 0 radical (unpaired) electrons. The summed E-state index contributed by atoms with van der Waals surface area (Å²) in [7, 11) is 1.63.